The maximum Gasteiger partial charge on any atom is 0.331 e. The molecule has 2 N–H and O–H groups in total. The minimum atomic E-state index is -0.510. The number of nitrogens with zero attached hydrogens (tertiary/aromatic N) is 5. The average Bonchev–Trinajstić information content (AvgIpc) is 2.79. The van der Waals surface area contributed by atoms with Gasteiger partial charge in [0, 0.05) is 19.8 Å². The SMILES string of the molecule is CCn1ncnc1Cn1c(=O)c(N)cn(C)c1=O. The Morgan fingerprint density at radius 1 is 1.39 bits per heavy atom. The summed E-state index contributed by atoms with van der Waals surface area (Å²) in [6.07, 6.45) is 2.70. The van der Waals surface area contributed by atoms with Crippen molar-refractivity contribution in [1.29, 1.82) is 0 Å². The van der Waals surface area contributed by atoms with Gasteiger partial charge in [-0.05, 0) is 6.92 Å². The summed E-state index contributed by atoms with van der Waals surface area (Å²) >= 11 is 0. The molecule has 0 unspecified atom stereocenters. The van der Waals surface area contributed by atoms with Crippen molar-refractivity contribution < 1.29 is 0 Å². The number of aryl methyl sites for hydroxylation is 2. The van der Waals surface area contributed by atoms with Gasteiger partial charge in [-0.1, -0.05) is 0 Å². The van der Waals surface area contributed by atoms with Crippen LogP contribution >= 0.6 is 0 Å². The summed E-state index contributed by atoms with van der Waals surface area (Å²) in [4.78, 5) is 27.7. The molecule has 0 atom stereocenters. The molecule has 0 aliphatic rings. The molecule has 0 fully saturated rings. The molecule has 0 aromatic carbocycles. The molecule has 2 aromatic rings. The van der Waals surface area contributed by atoms with Gasteiger partial charge < -0.3 is 10.3 Å². The standard InChI is InChI=1S/C10H14N6O2/c1-3-16-8(12-6-13-16)5-15-9(17)7(11)4-14(2)10(15)18/h4,6H,3,5,11H2,1-2H3. The zero-order chi connectivity index (χ0) is 13.3. The fourth-order valence-electron chi connectivity index (χ4n) is 1.71. The Morgan fingerprint density at radius 2 is 2.11 bits per heavy atom. The third-order valence-corrected chi connectivity index (χ3v) is 2.65. The number of anilines is 1. The van der Waals surface area contributed by atoms with Crippen molar-refractivity contribution >= 4 is 5.69 Å². The Labute approximate surface area is 102 Å². The molecule has 8 nitrogen and oxygen atoms in total. The Hall–Kier alpha value is -2.38. The van der Waals surface area contributed by atoms with E-state index in [0.717, 1.165) is 4.57 Å². The van der Waals surface area contributed by atoms with Crippen LogP contribution in [0, 0.1) is 0 Å². The minimum absolute atomic E-state index is 0.0275. The third-order valence-electron chi connectivity index (χ3n) is 2.65. The van der Waals surface area contributed by atoms with E-state index in [-0.39, 0.29) is 12.2 Å². The Morgan fingerprint density at radius 3 is 2.78 bits per heavy atom. The topological polar surface area (TPSA) is 101 Å². The van der Waals surface area contributed by atoms with Gasteiger partial charge in [-0.3, -0.25) is 9.36 Å². The highest BCUT2D eigenvalue weighted by Crippen LogP contribution is 1.96. The highest BCUT2D eigenvalue weighted by Gasteiger charge is 2.11. The fraction of sp³-hybridized carbons (Fsp3) is 0.400. The van der Waals surface area contributed by atoms with Gasteiger partial charge in [0.2, 0.25) is 0 Å². The van der Waals surface area contributed by atoms with Crippen LogP contribution in [-0.2, 0) is 20.1 Å². The normalized spacial score (nSPS) is 10.8. The summed E-state index contributed by atoms with van der Waals surface area (Å²) in [5.41, 5.74) is 4.64. The van der Waals surface area contributed by atoms with Crippen LogP contribution in [0.5, 0.6) is 0 Å². The van der Waals surface area contributed by atoms with Crippen LogP contribution in [0.4, 0.5) is 5.69 Å². The maximum absolute atomic E-state index is 11.9. The summed E-state index contributed by atoms with van der Waals surface area (Å²) in [6, 6.07) is 0. The van der Waals surface area contributed by atoms with Gasteiger partial charge in [0.05, 0.1) is 6.54 Å². The van der Waals surface area contributed by atoms with E-state index in [1.807, 2.05) is 6.92 Å². The molecule has 0 spiro atoms. The Bertz CT molecular complexity index is 646. The van der Waals surface area contributed by atoms with E-state index >= 15 is 0 Å². The van der Waals surface area contributed by atoms with Crippen LogP contribution in [0.25, 0.3) is 0 Å². The van der Waals surface area contributed by atoms with Crippen molar-refractivity contribution in [1.82, 2.24) is 23.9 Å². The number of aromatic nitrogens is 5. The van der Waals surface area contributed by atoms with Crippen molar-refractivity contribution in [3.63, 3.8) is 0 Å². The van der Waals surface area contributed by atoms with Gasteiger partial charge in [0.25, 0.3) is 5.56 Å². The minimum Gasteiger partial charge on any atom is -0.393 e. The number of nitrogens with two attached hydrogens (primary N) is 1. The molecule has 2 heterocycles. The van der Waals surface area contributed by atoms with E-state index in [2.05, 4.69) is 10.1 Å². The van der Waals surface area contributed by atoms with E-state index in [1.54, 1.807) is 11.7 Å². The van der Waals surface area contributed by atoms with Crippen LogP contribution in [0.3, 0.4) is 0 Å². The smallest absolute Gasteiger partial charge is 0.331 e. The van der Waals surface area contributed by atoms with Crippen molar-refractivity contribution in [3.05, 3.63) is 39.2 Å². The van der Waals surface area contributed by atoms with E-state index in [9.17, 15) is 9.59 Å². The summed E-state index contributed by atoms with van der Waals surface area (Å²) in [6.45, 7) is 2.58. The molecule has 96 valence electrons. The molecule has 8 heteroatoms. The highest BCUT2D eigenvalue weighted by molar-refractivity contribution is 5.30. The first kappa shape index (κ1) is 12.1. The first-order valence-electron chi connectivity index (χ1n) is 5.47. The van der Waals surface area contributed by atoms with Crippen molar-refractivity contribution in [2.24, 2.45) is 7.05 Å². The Kier molecular flexibility index (Phi) is 3.00. The predicted octanol–water partition coefficient (Wildman–Crippen LogP) is -1.21. The summed E-state index contributed by atoms with van der Waals surface area (Å²) in [7, 11) is 1.54. The van der Waals surface area contributed by atoms with Gasteiger partial charge in [-0.25, -0.2) is 14.5 Å². The second-order valence-electron chi connectivity index (χ2n) is 3.86. The maximum atomic E-state index is 11.9. The quantitative estimate of drug-likeness (QED) is 0.736. The van der Waals surface area contributed by atoms with Crippen molar-refractivity contribution in [2.45, 2.75) is 20.0 Å². The summed E-state index contributed by atoms with van der Waals surface area (Å²) in [5.74, 6) is 0.544. The molecular formula is C10H14N6O2. The molecule has 0 aliphatic carbocycles. The van der Waals surface area contributed by atoms with Crippen molar-refractivity contribution in [3.8, 4) is 0 Å². The molecular weight excluding hydrogens is 236 g/mol. The van der Waals surface area contributed by atoms with Crippen LogP contribution in [0.2, 0.25) is 0 Å². The highest BCUT2D eigenvalue weighted by atomic mass is 16.2. The first-order chi connectivity index (χ1) is 8.54. The number of rotatable bonds is 3. The second-order valence-corrected chi connectivity index (χ2v) is 3.86. The lowest BCUT2D eigenvalue weighted by Gasteiger charge is -2.08. The lowest BCUT2D eigenvalue weighted by molar-refractivity contribution is 0.561. The molecule has 0 saturated carbocycles. The van der Waals surface area contributed by atoms with Crippen LogP contribution in [0.15, 0.2) is 22.1 Å². The predicted molar refractivity (Wildman–Crippen MR) is 65.2 cm³/mol. The number of hydrogen-bond donors (Lipinski definition) is 1. The van der Waals surface area contributed by atoms with E-state index in [4.69, 9.17) is 5.73 Å². The monoisotopic (exact) mass is 250 g/mol. The molecule has 2 rings (SSSR count). The van der Waals surface area contributed by atoms with Gasteiger partial charge in [-0.15, -0.1) is 0 Å². The lowest BCUT2D eigenvalue weighted by Crippen LogP contribution is -2.40. The van der Waals surface area contributed by atoms with Crippen LogP contribution in [-0.4, -0.2) is 23.9 Å². The Balaban J connectivity index is 2.53. The van der Waals surface area contributed by atoms with Gasteiger partial charge in [0.15, 0.2) is 0 Å². The van der Waals surface area contributed by atoms with E-state index in [0.29, 0.717) is 12.4 Å². The lowest BCUT2D eigenvalue weighted by atomic mass is 10.5. The van der Waals surface area contributed by atoms with Gasteiger partial charge in [0.1, 0.15) is 17.8 Å². The molecule has 0 saturated heterocycles. The van der Waals surface area contributed by atoms with Crippen LogP contribution in [0.1, 0.15) is 12.7 Å². The number of hydrogen-bond acceptors (Lipinski definition) is 5. The number of nitrogen functional groups attached to an aromatic ring is 1. The van der Waals surface area contributed by atoms with Crippen molar-refractivity contribution in [2.75, 3.05) is 5.73 Å². The van der Waals surface area contributed by atoms with Crippen LogP contribution < -0.4 is 17.0 Å². The summed E-state index contributed by atoms with van der Waals surface area (Å²) < 4.78 is 3.93. The van der Waals surface area contributed by atoms with E-state index < -0.39 is 11.2 Å². The van der Waals surface area contributed by atoms with Gasteiger partial charge >= 0.3 is 5.69 Å². The largest absolute Gasteiger partial charge is 0.393 e. The fourth-order valence-corrected chi connectivity index (χ4v) is 1.71. The second kappa shape index (κ2) is 4.47. The molecule has 0 amide bonds. The van der Waals surface area contributed by atoms with E-state index in [1.165, 1.54) is 17.1 Å². The zero-order valence-electron chi connectivity index (χ0n) is 10.2. The first-order valence-corrected chi connectivity index (χ1v) is 5.47. The molecule has 2 aromatic heterocycles. The molecule has 0 radical (unpaired) electrons. The molecule has 0 aliphatic heterocycles. The summed E-state index contributed by atoms with van der Waals surface area (Å²) in [5, 5.41) is 3.99. The van der Waals surface area contributed by atoms with Gasteiger partial charge in [-0.2, -0.15) is 5.10 Å². The molecule has 18 heavy (non-hydrogen) atoms. The average molecular weight is 250 g/mol. The third kappa shape index (κ3) is 1.92. The zero-order valence-corrected chi connectivity index (χ0v) is 10.2. The molecule has 0 bridgehead atoms.